The van der Waals surface area contributed by atoms with Crippen molar-refractivity contribution >= 4 is 17.7 Å². The summed E-state index contributed by atoms with van der Waals surface area (Å²) in [5.41, 5.74) is 0.574. The molecule has 1 amide bonds. The van der Waals surface area contributed by atoms with Gasteiger partial charge in [-0.3, -0.25) is 4.79 Å². The molecule has 21 heavy (non-hydrogen) atoms. The Morgan fingerprint density at radius 1 is 1.52 bits per heavy atom. The van der Waals surface area contributed by atoms with E-state index in [4.69, 9.17) is 0 Å². The number of nitrogens with one attached hydrogen (secondary N) is 1. The minimum Gasteiger partial charge on any atom is -0.352 e. The Bertz CT molecular complexity index is 556. The van der Waals surface area contributed by atoms with Crippen molar-refractivity contribution in [2.45, 2.75) is 51.2 Å². The van der Waals surface area contributed by atoms with Gasteiger partial charge < -0.3 is 9.88 Å². The summed E-state index contributed by atoms with van der Waals surface area (Å²) in [5, 5.41) is 11.9. The van der Waals surface area contributed by atoms with Gasteiger partial charge in [-0.1, -0.05) is 32.5 Å². The molecule has 0 aromatic carbocycles. The van der Waals surface area contributed by atoms with E-state index in [2.05, 4.69) is 36.3 Å². The van der Waals surface area contributed by atoms with Crippen LogP contribution in [0, 0.1) is 16.7 Å². The minimum absolute atomic E-state index is 0.109. The van der Waals surface area contributed by atoms with Gasteiger partial charge in [-0.15, -0.1) is 10.2 Å². The number of thioether (sulfide) groups is 1. The van der Waals surface area contributed by atoms with E-state index in [1.54, 1.807) is 6.33 Å². The fourth-order valence-electron chi connectivity index (χ4n) is 4.19. The van der Waals surface area contributed by atoms with Crippen LogP contribution >= 0.6 is 11.8 Å². The number of hydrogen-bond donors (Lipinski definition) is 1. The molecule has 1 aromatic rings. The van der Waals surface area contributed by atoms with E-state index in [1.165, 1.54) is 24.6 Å². The van der Waals surface area contributed by atoms with Gasteiger partial charge in [-0.2, -0.15) is 0 Å². The molecule has 2 saturated carbocycles. The number of nitrogens with zero attached hydrogens (tertiary/aromatic N) is 3. The van der Waals surface area contributed by atoms with Crippen LogP contribution in [0.3, 0.4) is 0 Å². The van der Waals surface area contributed by atoms with Gasteiger partial charge >= 0.3 is 0 Å². The van der Waals surface area contributed by atoms with Crippen LogP contribution in [-0.4, -0.2) is 32.5 Å². The minimum atomic E-state index is 0.109. The standard InChI is InChI=1S/C15H24N4OS/c1-14(2)10-5-6-15(14,3)11(7-10)17-12(20)8-21-13-18-16-9-19(13)4/h9-11H,5-8H2,1-4H3,(H,17,20)/t10-,11-,15-/m1/s1. The average Bonchev–Trinajstić information content (AvgIpc) is 2.98. The molecule has 1 aromatic heterocycles. The van der Waals surface area contributed by atoms with Crippen molar-refractivity contribution in [3.05, 3.63) is 6.33 Å². The zero-order chi connectivity index (χ0) is 15.3. The third-order valence-electron chi connectivity index (χ3n) is 6.13. The fourth-order valence-corrected chi connectivity index (χ4v) is 4.89. The normalized spacial score (nSPS) is 33.3. The van der Waals surface area contributed by atoms with E-state index >= 15 is 0 Å². The number of rotatable bonds is 4. The molecule has 5 nitrogen and oxygen atoms in total. The van der Waals surface area contributed by atoms with Gasteiger partial charge in [-0.25, -0.2) is 0 Å². The van der Waals surface area contributed by atoms with Crippen LogP contribution in [0.4, 0.5) is 0 Å². The molecule has 0 aliphatic heterocycles. The van der Waals surface area contributed by atoms with Crippen LogP contribution in [0.1, 0.15) is 40.0 Å². The third kappa shape index (κ3) is 2.28. The van der Waals surface area contributed by atoms with Crippen molar-refractivity contribution in [3.8, 4) is 0 Å². The maximum atomic E-state index is 12.2. The molecular formula is C15H24N4OS. The summed E-state index contributed by atoms with van der Waals surface area (Å²) in [6, 6.07) is 0.318. The van der Waals surface area contributed by atoms with E-state index in [9.17, 15) is 4.79 Å². The monoisotopic (exact) mass is 308 g/mol. The van der Waals surface area contributed by atoms with Crippen molar-refractivity contribution in [2.24, 2.45) is 23.8 Å². The maximum Gasteiger partial charge on any atom is 0.230 e. The molecule has 0 unspecified atom stereocenters. The Kier molecular flexibility index (Phi) is 3.55. The Morgan fingerprint density at radius 3 is 2.81 bits per heavy atom. The number of hydrogen-bond acceptors (Lipinski definition) is 4. The molecule has 0 saturated heterocycles. The van der Waals surface area contributed by atoms with Crippen molar-refractivity contribution < 1.29 is 4.79 Å². The van der Waals surface area contributed by atoms with Crippen molar-refractivity contribution in [1.82, 2.24) is 20.1 Å². The smallest absolute Gasteiger partial charge is 0.230 e. The summed E-state index contributed by atoms with van der Waals surface area (Å²) >= 11 is 1.44. The lowest BCUT2D eigenvalue weighted by Gasteiger charge is -2.39. The highest BCUT2D eigenvalue weighted by Gasteiger charge is 2.61. The van der Waals surface area contributed by atoms with Crippen LogP contribution in [0.15, 0.2) is 11.5 Å². The van der Waals surface area contributed by atoms with Gasteiger partial charge in [0.25, 0.3) is 0 Å². The van der Waals surface area contributed by atoms with Crippen LogP contribution in [0.5, 0.6) is 0 Å². The van der Waals surface area contributed by atoms with Crippen LogP contribution < -0.4 is 5.32 Å². The predicted molar refractivity (Wildman–Crippen MR) is 82.9 cm³/mol. The second-order valence-corrected chi connectivity index (χ2v) is 8.19. The average molecular weight is 308 g/mol. The molecule has 2 aliphatic carbocycles. The summed E-state index contributed by atoms with van der Waals surface area (Å²) < 4.78 is 1.83. The molecule has 2 fully saturated rings. The van der Waals surface area contributed by atoms with E-state index in [0.717, 1.165) is 17.5 Å². The number of amides is 1. The second kappa shape index (κ2) is 5.00. The lowest BCUT2D eigenvalue weighted by molar-refractivity contribution is -0.120. The van der Waals surface area contributed by atoms with Crippen LogP contribution in [-0.2, 0) is 11.8 Å². The lowest BCUT2D eigenvalue weighted by atomic mass is 9.69. The number of carbonyl (C=O) groups is 1. The van der Waals surface area contributed by atoms with Crippen molar-refractivity contribution in [1.29, 1.82) is 0 Å². The summed E-state index contributed by atoms with van der Waals surface area (Å²) in [6.45, 7) is 7.08. The maximum absolute atomic E-state index is 12.2. The molecule has 6 heteroatoms. The number of carbonyl (C=O) groups excluding carboxylic acids is 1. The SMILES string of the molecule is Cn1cnnc1SCC(=O)N[C@@H]1C[C@H]2CC[C@@]1(C)C2(C)C. The summed E-state index contributed by atoms with van der Waals surface area (Å²) in [4.78, 5) is 12.2. The molecule has 2 bridgehead atoms. The number of aromatic nitrogens is 3. The highest BCUT2D eigenvalue weighted by Crippen LogP contribution is 2.65. The van der Waals surface area contributed by atoms with Gasteiger partial charge in [0, 0.05) is 13.1 Å². The summed E-state index contributed by atoms with van der Waals surface area (Å²) in [5.74, 6) is 1.27. The van der Waals surface area contributed by atoms with E-state index in [0.29, 0.717) is 17.2 Å². The van der Waals surface area contributed by atoms with E-state index in [-0.39, 0.29) is 11.3 Å². The number of fused-ring (bicyclic) bond motifs is 2. The highest BCUT2D eigenvalue weighted by atomic mass is 32.2. The first-order chi connectivity index (χ1) is 9.84. The van der Waals surface area contributed by atoms with Crippen LogP contribution in [0.2, 0.25) is 0 Å². The Labute approximate surface area is 130 Å². The zero-order valence-corrected chi connectivity index (χ0v) is 14.0. The molecular weight excluding hydrogens is 284 g/mol. The Balaban J connectivity index is 1.58. The van der Waals surface area contributed by atoms with Crippen LogP contribution in [0.25, 0.3) is 0 Å². The second-order valence-electron chi connectivity index (χ2n) is 7.24. The first kappa shape index (κ1) is 14.9. The Morgan fingerprint density at radius 2 is 2.29 bits per heavy atom. The van der Waals surface area contributed by atoms with Gasteiger partial charge in [0.05, 0.1) is 5.75 Å². The topological polar surface area (TPSA) is 59.8 Å². The molecule has 1 heterocycles. The lowest BCUT2D eigenvalue weighted by Crippen LogP contribution is -2.47. The summed E-state index contributed by atoms with van der Waals surface area (Å²) in [6.07, 6.45) is 5.32. The Hall–Kier alpha value is -1.04. The van der Waals surface area contributed by atoms with E-state index < -0.39 is 0 Å². The molecule has 2 aliphatic rings. The van der Waals surface area contributed by atoms with E-state index in [1.807, 2.05) is 11.6 Å². The van der Waals surface area contributed by atoms with Crippen molar-refractivity contribution in [2.75, 3.05) is 5.75 Å². The quantitative estimate of drug-likeness (QED) is 0.867. The summed E-state index contributed by atoms with van der Waals surface area (Å²) in [7, 11) is 1.89. The molecule has 0 radical (unpaired) electrons. The van der Waals surface area contributed by atoms with Crippen molar-refractivity contribution in [3.63, 3.8) is 0 Å². The molecule has 0 spiro atoms. The molecule has 116 valence electrons. The first-order valence-electron chi connectivity index (χ1n) is 7.61. The third-order valence-corrected chi connectivity index (χ3v) is 7.17. The molecule has 3 atom stereocenters. The largest absolute Gasteiger partial charge is 0.352 e. The molecule has 1 N–H and O–H groups in total. The zero-order valence-electron chi connectivity index (χ0n) is 13.2. The predicted octanol–water partition coefficient (Wildman–Crippen LogP) is 2.24. The first-order valence-corrected chi connectivity index (χ1v) is 8.59. The molecule has 3 rings (SSSR count). The number of aryl methyl sites for hydroxylation is 1. The highest BCUT2D eigenvalue weighted by molar-refractivity contribution is 7.99. The van der Waals surface area contributed by atoms with Gasteiger partial charge in [0.2, 0.25) is 5.91 Å². The van der Waals surface area contributed by atoms with Gasteiger partial charge in [0.15, 0.2) is 5.16 Å². The van der Waals surface area contributed by atoms with Gasteiger partial charge in [0.1, 0.15) is 6.33 Å². The van der Waals surface area contributed by atoms with Gasteiger partial charge in [-0.05, 0) is 36.0 Å². The fraction of sp³-hybridized carbons (Fsp3) is 0.800.